The topological polar surface area (TPSA) is 35.6 Å². The molecule has 3 aromatic rings. The van der Waals surface area contributed by atoms with Gasteiger partial charge in [-0.3, -0.25) is 4.79 Å². The van der Waals surface area contributed by atoms with Crippen molar-refractivity contribution in [3.8, 4) is 0 Å². The molecule has 0 unspecified atom stereocenters. The van der Waals surface area contributed by atoms with E-state index >= 15 is 0 Å². The summed E-state index contributed by atoms with van der Waals surface area (Å²) in [4.78, 5) is 17.4. The molecule has 3 aromatic carbocycles. The van der Waals surface area contributed by atoms with Crippen LogP contribution in [-0.4, -0.2) is 26.0 Å². The number of rotatable bonds is 4. The van der Waals surface area contributed by atoms with E-state index in [1.807, 2.05) is 90.6 Å². The average Bonchev–Trinajstić information content (AvgIpc) is 2.75. The quantitative estimate of drug-likeness (QED) is 0.563. The monoisotopic (exact) mass is 419 g/mol. The molecule has 0 saturated heterocycles. The Morgan fingerprint density at radius 2 is 1.67 bits per heavy atom. The number of benzene rings is 3. The van der Waals surface area contributed by atoms with E-state index in [2.05, 4.69) is 18.3 Å². The molecule has 30 heavy (non-hydrogen) atoms. The first-order valence-electron chi connectivity index (χ1n) is 10.2. The van der Waals surface area contributed by atoms with Crippen LogP contribution in [0.25, 0.3) is 0 Å². The van der Waals surface area contributed by atoms with Crippen molar-refractivity contribution >= 4 is 34.6 Å². The number of hydrogen-bond acceptors (Lipinski definition) is 3. The number of nitrogens with zero attached hydrogens (tertiary/aromatic N) is 2. The fraction of sp³-hybridized carbons (Fsp3) is 0.240. The molecule has 0 radical (unpaired) electrons. The Balaban J connectivity index is 1.64. The predicted molar refractivity (Wildman–Crippen MR) is 126 cm³/mol. The number of carbonyl (C=O) groups is 1. The molecule has 1 N–H and O–H groups in total. The number of fused-ring (bicyclic) bond motifs is 1. The van der Waals surface area contributed by atoms with Crippen LogP contribution in [0, 0.1) is 0 Å². The lowest BCUT2D eigenvalue weighted by molar-refractivity contribution is 0.0974. The van der Waals surface area contributed by atoms with E-state index in [0.717, 1.165) is 34.1 Å². The summed E-state index contributed by atoms with van der Waals surface area (Å²) >= 11 is 6.02. The van der Waals surface area contributed by atoms with Gasteiger partial charge >= 0.3 is 0 Å². The van der Waals surface area contributed by atoms with Gasteiger partial charge < -0.3 is 15.1 Å². The SMILES string of the molecule is C[C@H]1C[C@@H](Nc2ccc(Cl)cc2)c2ccccc2N1C(=O)c1ccc(N(C)C)cc1. The molecule has 4 rings (SSSR count). The summed E-state index contributed by atoms with van der Waals surface area (Å²) in [5.74, 6) is 0.0326. The fourth-order valence-corrected chi connectivity index (χ4v) is 4.17. The molecule has 0 aromatic heterocycles. The van der Waals surface area contributed by atoms with Crippen LogP contribution in [-0.2, 0) is 0 Å². The predicted octanol–water partition coefficient (Wildman–Crippen LogP) is 6.00. The molecule has 0 saturated carbocycles. The van der Waals surface area contributed by atoms with Crippen molar-refractivity contribution in [1.29, 1.82) is 0 Å². The summed E-state index contributed by atoms with van der Waals surface area (Å²) in [6, 6.07) is 23.9. The largest absolute Gasteiger partial charge is 0.378 e. The number of halogens is 1. The molecule has 2 atom stereocenters. The lowest BCUT2D eigenvalue weighted by Gasteiger charge is -2.40. The maximum Gasteiger partial charge on any atom is 0.258 e. The van der Waals surface area contributed by atoms with Gasteiger partial charge in [-0.2, -0.15) is 0 Å². The number of para-hydroxylation sites is 1. The Labute approximate surface area is 183 Å². The third-order valence-electron chi connectivity index (χ3n) is 5.62. The molecule has 1 aliphatic rings. The van der Waals surface area contributed by atoms with Crippen LogP contribution in [0.3, 0.4) is 0 Å². The molecular weight excluding hydrogens is 394 g/mol. The van der Waals surface area contributed by atoms with E-state index in [-0.39, 0.29) is 18.0 Å². The average molecular weight is 420 g/mol. The molecule has 5 heteroatoms. The molecule has 4 nitrogen and oxygen atoms in total. The van der Waals surface area contributed by atoms with Crippen LogP contribution in [0.5, 0.6) is 0 Å². The van der Waals surface area contributed by atoms with Gasteiger partial charge in [-0.1, -0.05) is 29.8 Å². The number of carbonyl (C=O) groups excluding carboxylic acids is 1. The molecular formula is C25H26ClN3O. The Morgan fingerprint density at radius 3 is 2.33 bits per heavy atom. The van der Waals surface area contributed by atoms with Crippen molar-refractivity contribution in [3.63, 3.8) is 0 Å². The Hall–Kier alpha value is -2.98. The van der Waals surface area contributed by atoms with Crippen LogP contribution in [0.4, 0.5) is 17.1 Å². The molecule has 0 fully saturated rings. The van der Waals surface area contributed by atoms with Crippen LogP contribution in [0.15, 0.2) is 72.8 Å². The number of amides is 1. The van der Waals surface area contributed by atoms with Crippen LogP contribution >= 0.6 is 11.6 Å². The summed E-state index contributed by atoms with van der Waals surface area (Å²) < 4.78 is 0. The Morgan fingerprint density at radius 1 is 1.00 bits per heavy atom. The van der Waals surface area contributed by atoms with Gasteiger partial charge in [0.2, 0.25) is 0 Å². The zero-order valence-electron chi connectivity index (χ0n) is 17.5. The van der Waals surface area contributed by atoms with Crippen molar-refractivity contribution in [3.05, 3.63) is 88.9 Å². The molecule has 1 aliphatic heterocycles. The highest BCUT2D eigenvalue weighted by atomic mass is 35.5. The summed E-state index contributed by atoms with van der Waals surface area (Å²) in [6.07, 6.45) is 0.821. The maximum atomic E-state index is 13.4. The minimum absolute atomic E-state index is 0.0326. The minimum Gasteiger partial charge on any atom is -0.378 e. The highest BCUT2D eigenvalue weighted by molar-refractivity contribution is 6.30. The maximum absolute atomic E-state index is 13.4. The molecule has 0 aliphatic carbocycles. The number of hydrogen-bond donors (Lipinski definition) is 1. The van der Waals surface area contributed by atoms with Crippen molar-refractivity contribution < 1.29 is 4.79 Å². The van der Waals surface area contributed by atoms with E-state index < -0.39 is 0 Å². The van der Waals surface area contributed by atoms with Crippen LogP contribution < -0.4 is 15.1 Å². The van der Waals surface area contributed by atoms with Gasteiger partial charge in [-0.05, 0) is 73.5 Å². The molecule has 0 spiro atoms. The highest BCUT2D eigenvalue weighted by Crippen LogP contribution is 2.39. The third kappa shape index (κ3) is 4.01. The minimum atomic E-state index is 0.0326. The van der Waals surface area contributed by atoms with Gasteiger partial charge in [0.25, 0.3) is 5.91 Å². The van der Waals surface area contributed by atoms with Gasteiger partial charge in [0.05, 0.1) is 6.04 Å². The lowest BCUT2D eigenvalue weighted by Crippen LogP contribution is -2.44. The number of nitrogens with one attached hydrogen (secondary N) is 1. The van der Waals surface area contributed by atoms with Crippen LogP contribution in [0.2, 0.25) is 5.02 Å². The highest BCUT2D eigenvalue weighted by Gasteiger charge is 2.34. The lowest BCUT2D eigenvalue weighted by atomic mass is 9.90. The van der Waals surface area contributed by atoms with E-state index in [1.54, 1.807) is 0 Å². The molecule has 1 amide bonds. The van der Waals surface area contributed by atoms with Gasteiger partial charge in [0, 0.05) is 47.8 Å². The van der Waals surface area contributed by atoms with Crippen molar-refractivity contribution in [2.75, 3.05) is 29.2 Å². The van der Waals surface area contributed by atoms with Gasteiger partial charge in [0.15, 0.2) is 0 Å². The Kier molecular flexibility index (Phi) is 5.69. The summed E-state index contributed by atoms with van der Waals surface area (Å²) in [7, 11) is 3.99. The normalized spacial score (nSPS) is 17.9. The summed E-state index contributed by atoms with van der Waals surface area (Å²) in [6.45, 7) is 2.11. The molecule has 154 valence electrons. The van der Waals surface area contributed by atoms with Crippen molar-refractivity contribution in [2.45, 2.75) is 25.4 Å². The molecule has 0 bridgehead atoms. The zero-order chi connectivity index (χ0) is 21.3. The van der Waals surface area contributed by atoms with Crippen LogP contribution in [0.1, 0.15) is 35.3 Å². The second-order valence-corrected chi connectivity index (χ2v) is 8.40. The first-order valence-corrected chi connectivity index (χ1v) is 10.5. The molecule has 1 heterocycles. The van der Waals surface area contributed by atoms with Gasteiger partial charge in [-0.15, -0.1) is 0 Å². The number of anilines is 3. The second kappa shape index (κ2) is 8.41. The smallest absolute Gasteiger partial charge is 0.258 e. The fourth-order valence-electron chi connectivity index (χ4n) is 4.05. The van der Waals surface area contributed by atoms with Gasteiger partial charge in [-0.25, -0.2) is 0 Å². The third-order valence-corrected chi connectivity index (χ3v) is 5.88. The van der Waals surface area contributed by atoms with Gasteiger partial charge in [0.1, 0.15) is 0 Å². The van der Waals surface area contributed by atoms with E-state index in [0.29, 0.717) is 5.56 Å². The summed E-state index contributed by atoms with van der Waals surface area (Å²) in [5.41, 5.74) is 4.89. The standard InChI is InChI=1S/C25H26ClN3O/c1-17-16-23(27-20-12-10-19(26)11-13-20)22-6-4-5-7-24(22)29(17)25(30)18-8-14-21(15-9-18)28(2)3/h4-15,17,23,27H,16H2,1-3H3/t17-,23+/m0/s1. The van der Waals surface area contributed by atoms with E-state index in [1.165, 1.54) is 0 Å². The van der Waals surface area contributed by atoms with E-state index in [4.69, 9.17) is 11.6 Å². The second-order valence-electron chi connectivity index (χ2n) is 7.96. The first-order chi connectivity index (χ1) is 14.4. The summed E-state index contributed by atoms with van der Waals surface area (Å²) in [5, 5.41) is 4.33. The van der Waals surface area contributed by atoms with Crippen molar-refractivity contribution in [1.82, 2.24) is 0 Å². The zero-order valence-corrected chi connectivity index (χ0v) is 18.2. The van der Waals surface area contributed by atoms with Crippen molar-refractivity contribution in [2.24, 2.45) is 0 Å². The Bertz CT molecular complexity index is 1030. The first kappa shape index (κ1) is 20.3. The van der Waals surface area contributed by atoms with E-state index in [9.17, 15) is 4.79 Å².